The molecule has 0 N–H and O–H groups in total. The first-order chi connectivity index (χ1) is 10.5. The number of hydrogen-bond acceptors (Lipinski definition) is 7. The van der Waals surface area contributed by atoms with E-state index in [4.69, 9.17) is 9.47 Å². The van der Waals surface area contributed by atoms with Crippen LogP contribution in [0.1, 0.15) is 32.1 Å². The van der Waals surface area contributed by atoms with Crippen molar-refractivity contribution in [3.63, 3.8) is 0 Å². The van der Waals surface area contributed by atoms with E-state index in [1.54, 1.807) is 0 Å². The van der Waals surface area contributed by atoms with Crippen molar-refractivity contribution in [2.45, 2.75) is 32.1 Å². The van der Waals surface area contributed by atoms with Crippen molar-refractivity contribution in [2.75, 3.05) is 19.8 Å². The van der Waals surface area contributed by atoms with Crippen LogP contribution in [0.2, 0.25) is 0 Å². The van der Waals surface area contributed by atoms with Crippen LogP contribution in [0.25, 0.3) is 0 Å². The lowest BCUT2D eigenvalue weighted by Gasteiger charge is -2.12. The second-order valence-corrected chi connectivity index (χ2v) is 4.48. The molecule has 1 rings (SSSR count). The van der Waals surface area contributed by atoms with Crippen molar-refractivity contribution >= 4 is 23.8 Å². The number of rotatable bonds is 10. The molecule has 0 saturated carbocycles. The molecule has 0 radical (unpaired) electrons. The van der Waals surface area contributed by atoms with Crippen LogP contribution < -0.4 is 0 Å². The fraction of sp³-hybridized carbons (Fsp3) is 0.571. The Kier molecular flexibility index (Phi) is 7.84. The molecule has 0 bridgehead atoms. The molecule has 1 aliphatic rings. The third kappa shape index (κ3) is 6.49. The summed E-state index contributed by atoms with van der Waals surface area (Å²) in [4.78, 5) is 49.6. The smallest absolute Gasteiger partial charge is 0.335 e. The molecule has 2 amide bonds. The van der Waals surface area contributed by atoms with Crippen molar-refractivity contribution in [3.05, 3.63) is 12.7 Å². The van der Waals surface area contributed by atoms with E-state index in [0.29, 0.717) is 11.5 Å². The minimum atomic E-state index is -0.714. The maximum atomic E-state index is 11.4. The first kappa shape index (κ1) is 17.8. The van der Waals surface area contributed by atoms with Gasteiger partial charge in [-0.15, -0.1) is 5.06 Å². The molecule has 0 aliphatic carbocycles. The van der Waals surface area contributed by atoms with Gasteiger partial charge in [0, 0.05) is 25.9 Å². The van der Waals surface area contributed by atoms with Crippen LogP contribution in [0.5, 0.6) is 0 Å². The highest BCUT2D eigenvalue weighted by molar-refractivity contribution is 6.01. The number of hydroxylamine groups is 2. The van der Waals surface area contributed by atoms with Gasteiger partial charge in [0.05, 0.1) is 13.0 Å². The van der Waals surface area contributed by atoms with Crippen molar-refractivity contribution in [1.29, 1.82) is 0 Å². The van der Waals surface area contributed by atoms with Crippen LogP contribution in [0.4, 0.5) is 0 Å². The summed E-state index contributed by atoms with van der Waals surface area (Å²) in [5, 5.41) is 0.498. The molecular weight excluding hydrogens is 294 g/mol. The van der Waals surface area contributed by atoms with E-state index in [-0.39, 0.29) is 51.5 Å². The molecule has 0 atom stereocenters. The minimum Gasteiger partial charge on any atom is -0.461 e. The van der Waals surface area contributed by atoms with Gasteiger partial charge in [-0.05, 0) is 6.42 Å². The molecule has 0 aromatic rings. The van der Waals surface area contributed by atoms with Crippen LogP contribution in [0.15, 0.2) is 12.7 Å². The van der Waals surface area contributed by atoms with Crippen LogP contribution in [0.3, 0.4) is 0 Å². The van der Waals surface area contributed by atoms with Crippen LogP contribution in [0, 0.1) is 0 Å². The highest BCUT2D eigenvalue weighted by atomic mass is 16.7. The van der Waals surface area contributed by atoms with Gasteiger partial charge in [0.15, 0.2) is 0 Å². The average Bonchev–Trinajstić information content (AvgIpc) is 2.80. The van der Waals surface area contributed by atoms with Gasteiger partial charge in [-0.2, -0.15) is 0 Å². The van der Waals surface area contributed by atoms with Crippen LogP contribution in [-0.2, 0) is 33.5 Å². The number of carbonyl (C=O) groups excluding carboxylic acids is 4. The summed E-state index contributed by atoms with van der Waals surface area (Å²) in [6.45, 7) is 3.97. The number of hydrogen-bond donors (Lipinski definition) is 0. The Labute approximate surface area is 127 Å². The molecule has 8 nitrogen and oxygen atoms in total. The SMILES string of the molecule is C=CCOC(=O)CCCOCCC(=O)ON1C(=O)CCC1=O. The molecule has 0 spiro atoms. The summed E-state index contributed by atoms with van der Waals surface area (Å²) in [6, 6.07) is 0. The third-order valence-electron chi connectivity index (χ3n) is 2.68. The Balaban J connectivity index is 2.03. The monoisotopic (exact) mass is 313 g/mol. The normalized spacial score (nSPS) is 14.1. The summed E-state index contributed by atoms with van der Waals surface area (Å²) in [5.41, 5.74) is 0. The zero-order valence-corrected chi connectivity index (χ0v) is 12.2. The minimum absolute atomic E-state index is 0.0601. The molecule has 0 aromatic carbocycles. The van der Waals surface area contributed by atoms with Crippen LogP contribution in [-0.4, -0.2) is 48.6 Å². The van der Waals surface area contributed by atoms with Gasteiger partial charge in [-0.25, -0.2) is 4.79 Å². The van der Waals surface area contributed by atoms with E-state index in [1.165, 1.54) is 6.08 Å². The largest absolute Gasteiger partial charge is 0.461 e. The Hall–Kier alpha value is -2.22. The molecule has 1 fully saturated rings. The fourth-order valence-corrected chi connectivity index (χ4v) is 1.61. The van der Waals surface area contributed by atoms with Gasteiger partial charge in [0.1, 0.15) is 6.61 Å². The topological polar surface area (TPSA) is 99.2 Å². The lowest BCUT2D eigenvalue weighted by atomic mass is 10.3. The predicted octanol–water partition coefficient (Wildman–Crippen LogP) is 0.510. The standard InChI is InChI=1S/C14H19NO7/c1-2-8-21-13(18)4-3-9-20-10-7-14(19)22-15-11(16)5-6-12(15)17/h2H,1,3-10H2. The summed E-state index contributed by atoms with van der Waals surface area (Å²) in [7, 11) is 0. The quantitative estimate of drug-likeness (QED) is 0.251. The Morgan fingerprint density at radius 2 is 1.77 bits per heavy atom. The number of nitrogens with zero attached hydrogens (tertiary/aromatic N) is 1. The zero-order valence-electron chi connectivity index (χ0n) is 12.2. The van der Waals surface area contributed by atoms with E-state index >= 15 is 0 Å². The Bertz CT molecular complexity index is 430. The second kappa shape index (κ2) is 9.67. The van der Waals surface area contributed by atoms with E-state index in [1.807, 2.05) is 0 Å². The third-order valence-corrected chi connectivity index (χ3v) is 2.68. The molecular formula is C14H19NO7. The summed E-state index contributed by atoms with van der Waals surface area (Å²) >= 11 is 0. The van der Waals surface area contributed by atoms with Gasteiger partial charge in [0.2, 0.25) is 0 Å². The van der Waals surface area contributed by atoms with Crippen molar-refractivity contribution in [1.82, 2.24) is 5.06 Å². The molecule has 22 heavy (non-hydrogen) atoms. The molecule has 1 saturated heterocycles. The molecule has 1 heterocycles. The number of imide groups is 1. The number of esters is 1. The maximum Gasteiger partial charge on any atom is 0.335 e. The molecule has 122 valence electrons. The van der Waals surface area contributed by atoms with Gasteiger partial charge < -0.3 is 14.3 Å². The molecule has 1 aliphatic heterocycles. The van der Waals surface area contributed by atoms with E-state index in [9.17, 15) is 19.2 Å². The number of amides is 2. The van der Waals surface area contributed by atoms with Gasteiger partial charge in [0.25, 0.3) is 11.8 Å². The van der Waals surface area contributed by atoms with Gasteiger partial charge in [-0.3, -0.25) is 14.4 Å². The average molecular weight is 313 g/mol. The number of ether oxygens (including phenoxy) is 2. The van der Waals surface area contributed by atoms with E-state index in [2.05, 4.69) is 11.4 Å². The first-order valence-corrected chi connectivity index (χ1v) is 6.95. The first-order valence-electron chi connectivity index (χ1n) is 6.95. The van der Waals surface area contributed by atoms with E-state index in [0.717, 1.165) is 0 Å². The van der Waals surface area contributed by atoms with Crippen LogP contribution >= 0.6 is 0 Å². The highest BCUT2D eigenvalue weighted by Gasteiger charge is 2.32. The summed E-state index contributed by atoms with van der Waals surface area (Å²) < 4.78 is 9.93. The highest BCUT2D eigenvalue weighted by Crippen LogP contribution is 2.12. The lowest BCUT2D eigenvalue weighted by molar-refractivity contribution is -0.198. The molecule has 0 unspecified atom stereocenters. The second-order valence-electron chi connectivity index (χ2n) is 4.48. The van der Waals surface area contributed by atoms with Gasteiger partial charge in [-0.1, -0.05) is 12.7 Å². The zero-order chi connectivity index (χ0) is 16.4. The Morgan fingerprint density at radius 3 is 2.41 bits per heavy atom. The summed E-state index contributed by atoms with van der Waals surface area (Å²) in [6.07, 6.45) is 2.20. The predicted molar refractivity (Wildman–Crippen MR) is 73.0 cm³/mol. The lowest BCUT2D eigenvalue weighted by Crippen LogP contribution is -2.32. The maximum absolute atomic E-state index is 11.4. The van der Waals surface area contributed by atoms with Gasteiger partial charge >= 0.3 is 11.9 Å². The van der Waals surface area contributed by atoms with E-state index < -0.39 is 17.8 Å². The molecule has 8 heteroatoms. The van der Waals surface area contributed by atoms with Crippen molar-refractivity contribution < 1.29 is 33.5 Å². The Morgan fingerprint density at radius 1 is 1.09 bits per heavy atom. The summed E-state index contributed by atoms with van der Waals surface area (Å²) in [5.74, 6) is -2.09. The van der Waals surface area contributed by atoms with Crippen molar-refractivity contribution in [3.8, 4) is 0 Å². The fourth-order valence-electron chi connectivity index (χ4n) is 1.61. The number of carbonyl (C=O) groups is 4. The molecule has 0 aromatic heterocycles. The van der Waals surface area contributed by atoms with Crippen molar-refractivity contribution in [2.24, 2.45) is 0 Å².